The highest BCUT2D eigenvalue weighted by atomic mass is 15.2. The smallest absolute Gasteiger partial charge is 0.0991 e. The molecule has 0 fully saturated rings. The average Bonchev–Trinajstić information content (AvgIpc) is 2.25. The van der Waals surface area contributed by atoms with Crippen LogP contribution in [0.2, 0.25) is 0 Å². The third-order valence-corrected chi connectivity index (χ3v) is 2.82. The van der Waals surface area contributed by atoms with Gasteiger partial charge in [0, 0.05) is 18.3 Å². The van der Waals surface area contributed by atoms with Crippen LogP contribution < -0.4 is 4.90 Å². The lowest BCUT2D eigenvalue weighted by Gasteiger charge is -2.32. The van der Waals surface area contributed by atoms with Gasteiger partial charge in [-0.3, -0.25) is 0 Å². The molecule has 17 heavy (non-hydrogen) atoms. The fraction of sp³-hybridized carbons (Fsp3) is 0.533. The SMILES string of the molecule is Cc1cc(C#N)ccc1N(CC(C)C)C(C)C. The molecule has 0 unspecified atom stereocenters. The van der Waals surface area contributed by atoms with E-state index < -0.39 is 0 Å². The number of nitriles is 1. The lowest BCUT2D eigenvalue weighted by Crippen LogP contribution is -2.34. The Bertz CT molecular complexity index is 413. The summed E-state index contributed by atoms with van der Waals surface area (Å²) < 4.78 is 0. The molecule has 1 aromatic carbocycles. The Hall–Kier alpha value is -1.49. The van der Waals surface area contributed by atoms with Gasteiger partial charge < -0.3 is 4.90 Å². The second-order valence-corrected chi connectivity index (χ2v) is 5.25. The van der Waals surface area contributed by atoms with E-state index >= 15 is 0 Å². The van der Waals surface area contributed by atoms with Crippen molar-refractivity contribution in [3.63, 3.8) is 0 Å². The van der Waals surface area contributed by atoms with Crippen LogP contribution in [0, 0.1) is 24.2 Å². The molecule has 2 heteroatoms. The van der Waals surface area contributed by atoms with Gasteiger partial charge in [-0.25, -0.2) is 0 Å². The molecule has 0 aliphatic heterocycles. The first-order chi connectivity index (χ1) is 7.95. The Morgan fingerprint density at radius 2 is 1.88 bits per heavy atom. The zero-order chi connectivity index (χ0) is 13.0. The van der Waals surface area contributed by atoms with Crippen molar-refractivity contribution in [3.8, 4) is 6.07 Å². The van der Waals surface area contributed by atoms with Crippen molar-refractivity contribution in [2.24, 2.45) is 5.92 Å². The molecule has 92 valence electrons. The van der Waals surface area contributed by atoms with Crippen LogP contribution in [0.3, 0.4) is 0 Å². The fourth-order valence-corrected chi connectivity index (χ4v) is 2.03. The van der Waals surface area contributed by atoms with Crippen LogP contribution in [0.1, 0.15) is 38.8 Å². The van der Waals surface area contributed by atoms with Crippen molar-refractivity contribution >= 4 is 5.69 Å². The van der Waals surface area contributed by atoms with Gasteiger partial charge in [0.15, 0.2) is 0 Å². The number of anilines is 1. The van der Waals surface area contributed by atoms with Crippen LogP contribution in [-0.4, -0.2) is 12.6 Å². The van der Waals surface area contributed by atoms with E-state index in [1.807, 2.05) is 12.1 Å². The summed E-state index contributed by atoms with van der Waals surface area (Å²) in [7, 11) is 0. The van der Waals surface area contributed by atoms with E-state index in [4.69, 9.17) is 5.26 Å². The third-order valence-electron chi connectivity index (χ3n) is 2.82. The standard InChI is InChI=1S/C15H22N2/c1-11(2)10-17(12(3)4)15-7-6-14(9-16)8-13(15)5/h6-8,11-12H,10H2,1-5H3. The average molecular weight is 230 g/mol. The molecule has 2 nitrogen and oxygen atoms in total. The predicted octanol–water partition coefficient (Wildman–Crippen LogP) is 3.74. The van der Waals surface area contributed by atoms with Crippen LogP contribution in [0.15, 0.2) is 18.2 Å². The molecule has 0 spiro atoms. The lowest BCUT2D eigenvalue weighted by molar-refractivity contribution is 0.570. The van der Waals surface area contributed by atoms with Gasteiger partial charge in [-0.2, -0.15) is 5.26 Å². The molecule has 1 rings (SSSR count). The van der Waals surface area contributed by atoms with Crippen molar-refractivity contribution in [1.82, 2.24) is 0 Å². The first-order valence-electron chi connectivity index (χ1n) is 6.23. The highest BCUT2D eigenvalue weighted by Gasteiger charge is 2.14. The lowest BCUT2D eigenvalue weighted by atomic mass is 10.1. The number of rotatable bonds is 4. The fourth-order valence-electron chi connectivity index (χ4n) is 2.03. The maximum absolute atomic E-state index is 8.88. The van der Waals surface area contributed by atoms with Gasteiger partial charge in [-0.15, -0.1) is 0 Å². The van der Waals surface area contributed by atoms with Crippen molar-refractivity contribution in [2.75, 3.05) is 11.4 Å². The largest absolute Gasteiger partial charge is 0.369 e. The Morgan fingerprint density at radius 1 is 1.24 bits per heavy atom. The van der Waals surface area contributed by atoms with E-state index in [0.29, 0.717) is 12.0 Å². The number of benzene rings is 1. The molecule has 0 radical (unpaired) electrons. The first-order valence-corrected chi connectivity index (χ1v) is 6.23. The molecule has 0 bridgehead atoms. The van der Waals surface area contributed by atoms with E-state index in [0.717, 1.165) is 12.1 Å². The number of aryl methyl sites for hydroxylation is 1. The zero-order valence-corrected chi connectivity index (χ0v) is 11.5. The third kappa shape index (κ3) is 3.49. The number of nitrogens with zero attached hydrogens (tertiary/aromatic N) is 2. The van der Waals surface area contributed by atoms with Gasteiger partial charge in [-0.1, -0.05) is 13.8 Å². The van der Waals surface area contributed by atoms with Gasteiger partial charge >= 0.3 is 0 Å². The molecule has 0 amide bonds. The second kappa shape index (κ2) is 5.72. The monoisotopic (exact) mass is 230 g/mol. The molecule has 0 aliphatic carbocycles. The molecule has 1 aromatic rings. The maximum Gasteiger partial charge on any atom is 0.0991 e. The van der Waals surface area contributed by atoms with Crippen LogP contribution in [0.5, 0.6) is 0 Å². The highest BCUT2D eigenvalue weighted by molar-refractivity contribution is 5.56. The summed E-state index contributed by atoms with van der Waals surface area (Å²) in [5, 5.41) is 8.88. The van der Waals surface area contributed by atoms with Crippen molar-refractivity contribution < 1.29 is 0 Å². The predicted molar refractivity (Wildman–Crippen MR) is 73.2 cm³/mol. The summed E-state index contributed by atoms with van der Waals surface area (Å²) in [5.74, 6) is 0.632. The van der Waals surface area contributed by atoms with Crippen molar-refractivity contribution in [2.45, 2.75) is 40.7 Å². The molecular formula is C15H22N2. The van der Waals surface area contributed by atoms with Crippen LogP contribution in [-0.2, 0) is 0 Å². The Morgan fingerprint density at radius 3 is 2.29 bits per heavy atom. The van der Waals surface area contributed by atoms with Gasteiger partial charge in [0.2, 0.25) is 0 Å². The second-order valence-electron chi connectivity index (χ2n) is 5.25. The van der Waals surface area contributed by atoms with Gasteiger partial charge in [0.25, 0.3) is 0 Å². The number of hydrogen-bond acceptors (Lipinski definition) is 2. The quantitative estimate of drug-likeness (QED) is 0.788. The van der Waals surface area contributed by atoms with E-state index in [1.54, 1.807) is 0 Å². The molecule has 0 heterocycles. The minimum Gasteiger partial charge on any atom is -0.369 e. The summed E-state index contributed by atoms with van der Waals surface area (Å²) in [4.78, 5) is 2.40. The summed E-state index contributed by atoms with van der Waals surface area (Å²) >= 11 is 0. The topological polar surface area (TPSA) is 27.0 Å². The van der Waals surface area contributed by atoms with E-state index in [9.17, 15) is 0 Å². The van der Waals surface area contributed by atoms with Gasteiger partial charge in [0.05, 0.1) is 11.6 Å². The Balaban J connectivity index is 3.07. The molecule has 0 atom stereocenters. The van der Waals surface area contributed by atoms with Crippen LogP contribution >= 0.6 is 0 Å². The minimum atomic E-state index is 0.476. The molecular weight excluding hydrogens is 208 g/mol. The molecule has 0 N–H and O–H groups in total. The van der Waals surface area contributed by atoms with E-state index in [-0.39, 0.29) is 0 Å². The van der Waals surface area contributed by atoms with Crippen molar-refractivity contribution in [1.29, 1.82) is 5.26 Å². The minimum absolute atomic E-state index is 0.476. The molecule has 0 saturated heterocycles. The summed E-state index contributed by atoms with van der Waals surface area (Å²) in [6.07, 6.45) is 0. The first kappa shape index (κ1) is 13.6. The normalized spacial score (nSPS) is 10.7. The molecule has 0 saturated carbocycles. The molecule has 0 aromatic heterocycles. The Labute approximate surface area is 105 Å². The zero-order valence-electron chi connectivity index (χ0n) is 11.5. The summed E-state index contributed by atoms with van der Waals surface area (Å²) in [5.41, 5.74) is 3.16. The summed E-state index contributed by atoms with van der Waals surface area (Å²) in [6.45, 7) is 12.0. The maximum atomic E-state index is 8.88. The van der Waals surface area contributed by atoms with Crippen LogP contribution in [0.4, 0.5) is 5.69 Å². The van der Waals surface area contributed by atoms with Crippen molar-refractivity contribution in [3.05, 3.63) is 29.3 Å². The number of hydrogen-bond donors (Lipinski definition) is 0. The molecule has 0 aliphatic rings. The van der Waals surface area contributed by atoms with Gasteiger partial charge in [-0.05, 0) is 50.5 Å². The van der Waals surface area contributed by atoms with Gasteiger partial charge in [0.1, 0.15) is 0 Å². The van der Waals surface area contributed by atoms with E-state index in [2.05, 4.69) is 51.7 Å². The Kier molecular flexibility index (Phi) is 4.57. The van der Waals surface area contributed by atoms with E-state index in [1.165, 1.54) is 11.3 Å². The highest BCUT2D eigenvalue weighted by Crippen LogP contribution is 2.24. The van der Waals surface area contributed by atoms with Crippen LogP contribution in [0.25, 0.3) is 0 Å². The summed E-state index contributed by atoms with van der Waals surface area (Å²) in [6, 6.07) is 8.59.